The molecule has 0 atom stereocenters. The smallest absolute Gasteiger partial charge is 0.119 e. The Kier molecular flexibility index (Phi) is 2.40. The number of methoxy groups -OCH3 is 1. The zero-order valence-corrected chi connectivity index (χ0v) is 9.10. The molecule has 0 aliphatic heterocycles. The molecule has 2 heteroatoms. The van der Waals surface area contributed by atoms with Crippen LogP contribution in [0.25, 0.3) is 4.48 Å². The molecular formula is C11H11BrO. The van der Waals surface area contributed by atoms with E-state index in [0.29, 0.717) is 0 Å². The number of hydrogen-bond donors (Lipinski definition) is 0. The molecule has 0 aromatic heterocycles. The summed E-state index contributed by atoms with van der Waals surface area (Å²) in [6.07, 6.45) is 4.44. The zero-order valence-electron chi connectivity index (χ0n) is 7.51. The minimum Gasteiger partial charge on any atom is -0.497 e. The molecule has 1 aliphatic carbocycles. The van der Waals surface area contributed by atoms with E-state index in [0.717, 1.165) is 18.6 Å². The van der Waals surface area contributed by atoms with Crippen LogP contribution in [0.15, 0.2) is 24.3 Å². The second kappa shape index (κ2) is 3.54. The van der Waals surface area contributed by atoms with Crippen molar-refractivity contribution in [3.8, 4) is 5.75 Å². The minimum atomic E-state index is 0.945. The Bertz CT molecular complexity index is 355. The first kappa shape index (κ1) is 8.82. The first-order valence-electron chi connectivity index (χ1n) is 4.34. The van der Waals surface area contributed by atoms with Crippen molar-refractivity contribution >= 4 is 20.4 Å². The van der Waals surface area contributed by atoms with Crippen LogP contribution in [0.1, 0.15) is 17.5 Å². The largest absolute Gasteiger partial charge is 0.497 e. The normalized spacial score (nSPS) is 14.8. The van der Waals surface area contributed by atoms with Gasteiger partial charge in [-0.05, 0) is 42.2 Å². The van der Waals surface area contributed by atoms with Crippen LogP contribution in [0.4, 0.5) is 0 Å². The van der Waals surface area contributed by atoms with Crippen LogP contribution >= 0.6 is 15.9 Å². The SMILES string of the molecule is COc1ccc2c(c1)CCC=C2Br. The maximum Gasteiger partial charge on any atom is 0.119 e. The molecule has 13 heavy (non-hydrogen) atoms. The maximum absolute atomic E-state index is 5.18. The molecular weight excluding hydrogens is 228 g/mol. The van der Waals surface area contributed by atoms with E-state index in [1.54, 1.807) is 7.11 Å². The van der Waals surface area contributed by atoms with Gasteiger partial charge in [0.25, 0.3) is 0 Å². The third kappa shape index (κ3) is 1.63. The summed E-state index contributed by atoms with van der Waals surface area (Å²) in [5.41, 5.74) is 2.67. The summed E-state index contributed by atoms with van der Waals surface area (Å²) in [4.78, 5) is 0. The predicted molar refractivity (Wildman–Crippen MR) is 58.2 cm³/mol. The minimum absolute atomic E-state index is 0.945. The summed E-state index contributed by atoms with van der Waals surface area (Å²) in [6, 6.07) is 6.22. The molecule has 0 saturated heterocycles. The number of allylic oxidation sites excluding steroid dienone is 1. The lowest BCUT2D eigenvalue weighted by molar-refractivity contribution is 0.414. The van der Waals surface area contributed by atoms with Crippen LogP contribution in [0.2, 0.25) is 0 Å². The summed E-state index contributed by atoms with van der Waals surface area (Å²) in [7, 11) is 1.70. The van der Waals surface area contributed by atoms with Crippen LogP contribution < -0.4 is 4.74 Å². The van der Waals surface area contributed by atoms with Gasteiger partial charge in [-0.3, -0.25) is 0 Å². The van der Waals surface area contributed by atoms with Gasteiger partial charge in [0.1, 0.15) is 5.75 Å². The van der Waals surface area contributed by atoms with Crippen molar-refractivity contribution in [1.82, 2.24) is 0 Å². The van der Waals surface area contributed by atoms with Gasteiger partial charge in [0.2, 0.25) is 0 Å². The number of halogens is 1. The molecule has 0 heterocycles. The molecule has 0 radical (unpaired) electrons. The molecule has 68 valence electrons. The highest BCUT2D eigenvalue weighted by molar-refractivity contribution is 9.15. The predicted octanol–water partition coefficient (Wildman–Crippen LogP) is 3.38. The quantitative estimate of drug-likeness (QED) is 0.729. The lowest BCUT2D eigenvalue weighted by Crippen LogP contribution is -1.97. The molecule has 1 aromatic rings. The van der Waals surface area contributed by atoms with Crippen LogP contribution in [0, 0.1) is 0 Å². The van der Waals surface area contributed by atoms with Gasteiger partial charge in [-0.25, -0.2) is 0 Å². The van der Waals surface area contributed by atoms with Gasteiger partial charge in [0, 0.05) is 4.48 Å². The fraction of sp³-hybridized carbons (Fsp3) is 0.273. The lowest BCUT2D eigenvalue weighted by atomic mass is 9.97. The number of aryl methyl sites for hydroxylation is 1. The van der Waals surface area contributed by atoms with Crippen molar-refractivity contribution in [3.63, 3.8) is 0 Å². The molecule has 0 bridgehead atoms. The fourth-order valence-electron chi connectivity index (χ4n) is 1.60. The number of hydrogen-bond acceptors (Lipinski definition) is 1. The Morgan fingerprint density at radius 2 is 2.23 bits per heavy atom. The number of benzene rings is 1. The molecule has 2 rings (SSSR count). The van der Waals surface area contributed by atoms with E-state index in [2.05, 4.69) is 34.1 Å². The summed E-state index contributed by atoms with van der Waals surface area (Å²) in [5.74, 6) is 0.945. The van der Waals surface area contributed by atoms with Gasteiger partial charge in [-0.1, -0.05) is 22.0 Å². The van der Waals surface area contributed by atoms with Crippen LogP contribution in [-0.4, -0.2) is 7.11 Å². The Balaban J connectivity index is 2.48. The van der Waals surface area contributed by atoms with E-state index < -0.39 is 0 Å². The van der Waals surface area contributed by atoms with Gasteiger partial charge in [0.15, 0.2) is 0 Å². The molecule has 1 aliphatic rings. The summed E-state index contributed by atoms with van der Waals surface area (Å²) in [5, 5.41) is 0. The van der Waals surface area contributed by atoms with Gasteiger partial charge >= 0.3 is 0 Å². The average molecular weight is 239 g/mol. The maximum atomic E-state index is 5.18. The first-order valence-corrected chi connectivity index (χ1v) is 5.13. The van der Waals surface area contributed by atoms with E-state index in [4.69, 9.17) is 4.74 Å². The Hall–Kier alpha value is -0.760. The Morgan fingerprint density at radius 3 is 3.00 bits per heavy atom. The topological polar surface area (TPSA) is 9.23 Å². The molecule has 1 aromatic carbocycles. The van der Waals surface area contributed by atoms with E-state index in [1.807, 2.05) is 6.07 Å². The highest BCUT2D eigenvalue weighted by atomic mass is 79.9. The number of ether oxygens (including phenoxy) is 1. The van der Waals surface area contributed by atoms with E-state index in [9.17, 15) is 0 Å². The van der Waals surface area contributed by atoms with Crippen molar-refractivity contribution in [3.05, 3.63) is 35.4 Å². The molecule has 0 amide bonds. The van der Waals surface area contributed by atoms with E-state index in [1.165, 1.54) is 15.6 Å². The van der Waals surface area contributed by atoms with Crippen molar-refractivity contribution < 1.29 is 4.74 Å². The van der Waals surface area contributed by atoms with Gasteiger partial charge < -0.3 is 4.74 Å². The van der Waals surface area contributed by atoms with Crippen LogP contribution in [-0.2, 0) is 6.42 Å². The Labute approximate surface area is 86.5 Å². The third-order valence-electron chi connectivity index (χ3n) is 2.31. The van der Waals surface area contributed by atoms with E-state index in [-0.39, 0.29) is 0 Å². The molecule has 0 unspecified atom stereocenters. The summed E-state index contributed by atoms with van der Waals surface area (Å²) in [6.45, 7) is 0. The van der Waals surface area contributed by atoms with E-state index >= 15 is 0 Å². The van der Waals surface area contributed by atoms with Crippen molar-refractivity contribution in [1.29, 1.82) is 0 Å². The highest BCUT2D eigenvalue weighted by Gasteiger charge is 2.10. The number of rotatable bonds is 1. The van der Waals surface area contributed by atoms with Crippen molar-refractivity contribution in [2.24, 2.45) is 0 Å². The van der Waals surface area contributed by atoms with Crippen LogP contribution in [0.5, 0.6) is 5.75 Å². The standard InChI is InChI=1S/C11H11BrO/c1-13-9-5-6-10-8(7-9)3-2-4-11(10)12/h4-7H,2-3H2,1H3. The zero-order chi connectivity index (χ0) is 9.26. The summed E-state index contributed by atoms with van der Waals surface area (Å²) < 4.78 is 6.39. The molecule has 0 spiro atoms. The molecule has 1 nitrogen and oxygen atoms in total. The monoisotopic (exact) mass is 238 g/mol. The van der Waals surface area contributed by atoms with Crippen LogP contribution in [0.3, 0.4) is 0 Å². The lowest BCUT2D eigenvalue weighted by Gasteiger charge is -2.14. The molecule has 0 saturated carbocycles. The third-order valence-corrected chi connectivity index (χ3v) is 3.06. The van der Waals surface area contributed by atoms with Crippen molar-refractivity contribution in [2.75, 3.05) is 7.11 Å². The van der Waals surface area contributed by atoms with Gasteiger partial charge in [0.05, 0.1) is 7.11 Å². The van der Waals surface area contributed by atoms with Crippen molar-refractivity contribution in [2.45, 2.75) is 12.8 Å². The van der Waals surface area contributed by atoms with Gasteiger partial charge in [-0.2, -0.15) is 0 Å². The summed E-state index contributed by atoms with van der Waals surface area (Å²) >= 11 is 3.55. The van der Waals surface area contributed by atoms with Gasteiger partial charge in [-0.15, -0.1) is 0 Å². The second-order valence-electron chi connectivity index (χ2n) is 3.11. The highest BCUT2D eigenvalue weighted by Crippen LogP contribution is 2.32. The Morgan fingerprint density at radius 1 is 1.38 bits per heavy atom. The fourth-order valence-corrected chi connectivity index (χ4v) is 2.22. The molecule has 0 fully saturated rings. The first-order chi connectivity index (χ1) is 6.31. The average Bonchev–Trinajstić information content (AvgIpc) is 2.18. The molecule has 0 N–H and O–H groups in total. The number of fused-ring (bicyclic) bond motifs is 1. The second-order valence-corrected chi connectivity index (χ2v) is 3.97.